The third-order valence-corrected chi connectivity index (χ3v) is 3.60. The number of amides is 1. The lowest BCUT2D eigenvalue weighted by Crippen LogP contribution is -2.19. The average Bonchev–Trinajstić information content (AvgIpc) is 2.67. The number of carbonyl (C=O) groups is 1. The molecule has 0 radical (unpaired) electrons. The first-order chi connectivity index (χ1) is 8.79. The largest absolute Gasteiger partial charge is 0.382 e. The predicted molar refractivity (Wildman–Crippen MR) is 74.9 cm³/mol. The Morgan fingerprint density at radius 2 is 1.67 bits per heavy atom. The van der Waals surface area contributed by atoms with Crippen LogP contribution in [0, 0.1) is 0 Å². The van der Waals surface area contributed by atoms with Crippen molar-refractivity contribution in [3.63, 3.8) is 0 Å². The van der Waals surface area contributed by atoms with E-state index < -0.39 is 0 Å². The minimum atomic E-state index is -0.0315. The van der Waals surface area contributed by atoms with Gasteiger partial charge in [0.15, 0.2) is 0 Å². The van der Waals surface area contributed by atoms with Gasteiger partial charge >= 0.3 is 0 Å². The fourth-order valence-electron chi connectivity index (χ4n) is 2.52. The Morgan fingerprint density at radius 3 is 2.22 bits per heavy atom. The van der Waals surface area contributed by atoms with Crippen molar-refractivity contribution in [2.45, 2.75) is 44.6 Å². The molecule has 1 aromatic carbocycles. The molecule has 3 nitrogen and oxygen atoms in total. The molecule has 98 valence electrons. The van der Waals surface area contributed by atoms with Crippen LogP contribution in [0.1, 0.15) is 48.9 Å². The molecule has 0 unspecified atom stereocenters. The highest BCUT2D eigenvalue weighted by molar-refractivity contribution is 5.94. The zero-order valence-corrected chi connectivity index (χ0v) is 11.0. The maximum absolute atomic E-state index is 11.4. The van der Waals surface area contributed by atoms with Gasteiger partial charge in [-0.2, -0.15) is 0 Å². The van der Waals surface area contributed by atoms with Crippen LogP contribution >= 0.6 is 0 Å². The first kappa shape index (κ1) is 12.9. The van der Waals surface area contributed by atoms with Gasteiger partial charge in [0.05, 0.1) is 0 Å². The molecule has 1 aliphatic carbocycles. The maximum atomic E-state index is 11.4. The number of hydrogen-bond donors (Lipinski definition) is 2. The molecule has 0 bridgehead atoms. The summed E-state index contributed by atoms with van der Waals surface area (Å²) in [5.41, 5.74) is 1.83. The van der Waals surface area contributed by atoms with Gasteiger partial charge in [0.1, 0.15) is 0 Å². The lowest BCUT2D eigenvalue weighted by molar-refractivity contribution is 0.0963. The molecular formula is C15H22N2O. The number of nitrogens with one attached hydrogen (secondary N) is 2. The van der Waals surface area contributed by atoms with Gasteiger partial charge in [0.2, 0.25) is 0 Å². The fourth-order valence-corrected chi connectivity index (χ4v) is 2.52. The Balaban J connectivity index is 1.94. The van der Waals surface area contributed by atoms with Gasteiger partial charge in [0, 0.05) is 24.3 Å². The van der Waals surface area contributed by atoms with Crippen molar-refractivity contribution in [1.82, 2.24) is 5.32 Å². The summed E-state index contributed by atoms with van der Waals surface area (Å²) >= 11 is 0. The van der Waals surface area contributed by atoms with Gasteiger partial charge in [-0.1, -0.05) is 25.7 Å². The summed E-state index contributed by atoms with van der Waals surface area (Å²) < 4.78 is 0. The number of carbonyl (C=O) groups excluding carboxylic acids is 1. The van der Waals surface area contributed by atoms with Crippen LogP contribution in [0.25, 0.3) is 0 Å². The minimum absolute atomic E-state index is 0.0315. The number of hydrogen-bond acceptors (Lipinski definition) is 2. The van der Waals surface area contributed by atoms with Crippen molar-refractivity contribution in [2.75, 3.05) is 12.4 Å². The van der Waals surface area contributed by atoms with Crippen LogP contribution in [0.2, 0.25) is 0 Å². The summed E-state index contributed by atoms with van der Waals surface area (Å²) in [6.07, 6.45) is 7.91. The van der Waals surface area contributed by atoms with E-state index in [1.165, 1.54) is 38.5 Å². The van der Waals surface area contributed by atoms with Gasteiger partial charge in [-0.3, -0.25) is 4.79 Å². The number of rotatable bonds is 3. The third-order valence-electron chi connectivity index (χ3n) is 3.60. The number of benzene rings is 1. The Bertz CT molecular complexity index is 378. The van der Waals surface area contributed by atoms with Gasteiger partial charge in [-0.25, -0.2) is 0 Å². The summed E-state index contributed by atoms with van der Waals surface area (Å²) in [7, 11) is 1.65. The van der Waals surface area contributed by atoms with Crippen molar-refractivity contribution in [3.8, 4) is 0 Å². The highest BCUT2D eigenvalue weighted by Crippen LogP contribution is 2.21. The topological polar surface area (TPSA) is 41.1 Å². The van der Waals surface area contributed by atoms with E-state index in [0.717, 1.165) is 5.69 Å². The standard InChI is InChI=1S/C15H22N2O/c1-16-15(18)12-8-10-14(11-9-12)17-13-6-4-2-3-5-7-13/h8-11,13,17H,2-7H2,1H3,(H,16,18). The zero-order valence-electron chi connectivity index (χ0n) is 11.0. The second-order valence-corrected chi connectivity index (χ2v) is 4.99. The van der Waals surface area contributed by atoms with Crippen molar-refractivity contribution >= 4 is 11.6 Å². The van der Waals surface area contributed by atoms with Crippen LogP contribution in [-0.4, -0.2) is 19.0 Å². The molecule has 2 rings (SSSR count). The Labute approximate surface area is 109 Å². The molecule has 1 amide bonds. The number of anilines is 1. The van der Waals surface area contributed by atoms with E-state index in [-0.39, 0.29) is 5.91 Å². The molecule has 0 atom stereocenters. The first-order valence-electron chi connectivity index (χ1n) is 6.88. The van der Waals surface area contributed by atoms with Crippen LogP contribution in [0.5, 0.6) is 0 Å². The van der Waals surface area contributed by atoms with Crippen LogP contribution in [0.15, 0.2) is 24.3 Å². The third kappa shape index (κ3) is 3.49. The summed E-state index contributed by atoms with van der Waals surface area (Å²) in [5.74, 6) is -0.0315. The van der Waals surface area contributed by atoms with E-state index in [2.05, 4.69) is 10.6 Å². The van der Waals surface area contributed by atoms with Crippen LogP contribution in [0.3, 0.4) is 0 Å². The van der Waals surface area contributed by atoms with E-state index in [4.69, 9.17) is 0 Å². The lowest BCUT2D eigenvalue weighted by Gasteiger charge is -2.17. The van der Waals surface area contributed by atoms with E-state index in [1.54, 1.807) is 7.05 Å². The predicted octanol–water partition coefficient (Wildman–Crippen LogP) is 3.18. The van der Waals surface area contributed by atoms with Crippen LogP contribution in [-0.2, 0) is 0 Å². The normalized spacial score (nSPS) is 16.9. The van der Waals surface area contributed by atoms with E-state index in [1.807, 2.05) is 24.3 Å². The summed E-state index contributed by atoms with van der Waals surface area (Å²) in [6.45, 7) is 0. The molecule has 2 N–H and O–H groups in total. The highest BCUT2D eigenvalue weighted by Gasteiger charge is 2.11. The zero-order chi connectivity index (χ0) is 12.8. The monoisotopic (exact) mass is 246 g/mol. The quantitative estimate of drug-likeness (QED) is 0.804. The molecule has 1 aromatic rings. The van der Waals surface area contributed by atoms with Gasteiger partial charge in [-0.05, 0) is 37.1 Å². The average molecular weight is 246 g/mol. The molecule has 3 heteroatoms. The van der Waals surface area contributed by atoms with Crippen molar-refractivity contribution < 1.29 is 4.79 Å². The Hall–Kier alpha value is -1.51. The van der Waals surface area contributed by atoms with E-state index in [9.17, 15) is 4.79 Å². The second kappa shape index (κ2) is 6.43. The van der Waals surface area contributed by atoms with Crippen molar-refractivity contribution in [1.29, 1.82) is 0 Å². The van der Waals surface area contributed by atoms with Crippen LogP contribution < -0.4 is 10.6 Å². The summed E-state index contributed by atoms with van der Waals surface area (Å²) in [5, 5.41) is 6.20. The summed E-state index contributed by atoms with van der Waals surface area (Å²) in [4.78, 5) is 11.4. The Kier molecular flexibility index (Phi) is 4.62. The molecule has 18 heavy (non-hydrogen) atoms. The molecule has 0 saturated heterocycles. The molecule has 0 heterocycles. The molecular weight excluding hydrogens is 224 g/mol. The van der Waals surface area contributed by atoms with E-state index >= 15 is 0 Å². The van der Waals surface area contributed by atoms with E-state index in [0.29, 0.717) is 11.6 Å². The molecule has 0 spiro atoms. The van der Waals surface area contributed by atoms with Gasteiger partial charge in [-0.15, -0.1) is 0 Å². The summed E-state index contributed by atoms with van der Waals surface area (Å²) in [6, 6.07) is 8.33. The maximum Gasteiger partial charge on any atom is 0.251 e. The molecule has 0 aromatic heterocycles. The Morgan fingerprint density at radius 1 is 1.06 bits per heavy atom. The highest BCUT2D eigenvalue weighted by atomic mass is 16.1. The van der Waals surface area contributed by atoms with Gasteiger partial charge in [0.25, 0.3) is 5.91 Å². The van der Waals surface area contributed by atoms with Crippen LogP contribution in [0.4, 0.5) is 5.69 Å². The first-order valence-corrected chi connectivity index (χ1v) is 6.88. The van der Waals surface area contributed by atoms with Crippen molar-refractivity contribution in [3.05, 3.63) is 29.8 Å². The molecule has 1 aliphatic rings. The molecule has 1 fully saturated rings. The fraction of sp³-hybridized carbons (Fsp3) is 0.533. The SMILES string of the molecule is CNC(=O)c1ccc(NC2CCCCCC2)cc1. The molecule has 1 saturated carbocycles. The lowest BCUT2D eigenvalue weighted by atomic mass is 10.1. The minimum Gasteiger partial charge on any atom is -0.382 e. The van der Waals surface area contributed by atoms with Crippen molar-refractivity contribution in [2.24, 2.45) is 0 Å². The smallest absolute Gasteiger partial charge is 0.251 e. The molecule has 0 aliphatic heterocycles. The second-order valence-electron chi connectivity index (χ2n) is 4.99. The van der Waals surface area contributed by atoms with Gasteiger partial charge < -0.3 is 10.6 Å².